The second-order valence-corrected chi connectivity index (χ2v) is 4.94. The van der Waals surface area contributed by atoms with Crippen molar-refractivity contribution in [2.75, 3.05) is 5.32 Å². The molecule has 2 N–H and O–H groups in total. The zero-order valence-electron chi connectivity index (χ0n) is 10.7. The van der Waals surface area contributed by atoms with E-state index in [1.54, 1.807) is 18.2 Å². The van der Waals surface area contributed by atoms with E-state index in [1.807, 2.05) is 25.1 Å². The molecule has 3 nitrogen and oxygen atoms in total. The first-order valence-electron chi connectivity index (χ1n) is 6.33. The molecule has 1 unspecified atom stereocenters. The molecule has 2 aromatic carbocycles. The molecule has 3 rings (SSSR count). The Bertz CT molecular complexity index is 649. The first kappa shape index (κ1) is 11.8. The lowest BCUT2D eigenvalue weighted by molar-refractivity contribution is -0.118. The molecule has 0 saturated carbocycles. The van der Waals surface area contributed by atoms with Crippen molar-refractivity contribution < 1.29 is 9.90 Å². The minimum Gasteiger partial charge on any atom is -0.508 e. The van der Waals surface area contributed by atoms with Crippen LogP contribution in [0, 0.1) is 6.92 Å². The first-order valence-corrected chi connectivity index (χ1v) is 6.33. The Kier molecular flexibility index (Phi) is 2.75. The fourth-order valence-corrected chi connectivity index (χ4v) is 2.50. The van der Waals surface area contributed by atoms with Crippen LogP contribution in [-0.4, -0.2) is 11.0 Å². The van der Waals surface area contributed by atoms with Crippen molar-refractivity contribution in [3.63, 3.8) is 0 Å². The Morgan fingerprint density at radius 3 is 2.79 bits per heavy atom. The number of aryl methyl sites for hydroxylation is 1. The fraction of sp³-hybridized carbons (Fsp3) is 0.188. The predicted molar refractivity (Wildman–Crippen MR) is 74.4 cm³/mol. The number of carbonyl (C=O) groups excluding carboxylic acids is 1. The molecule has 0 fully saturated rings. The predicted octanol–water partition coefficient (Wildman–Crippen LogP) is 2.98. The number of phenolic OH excluding ortho intramolecular Hbond substituents is 1. The summed E-state index contributed by atoms with van der Waals surface area (Å²) in [6, 6.07) is 13.0. The SMILES string of the molecule is Cc1cc(O)ccc1NC(=O)C1Cc2ccccc21. The van der Waals surface area contributed by atoms with Crippen LogP contribution in [0.1, 0.15) is 22.6 Å². The van der Waals surface area contributed by atoms with Gasteiger partial charge < -0.3 is 10.4 Å². The van der Waals surface area contributed by atoms with Crippen LogP contribution in [0.15, 0.2) is 42.5 Å². The Morgan fingerprint density at radius 2 is 2.05 bits per heavy atom. The van der Waals surface area contributed by atoms with Gasteiger partial charge >= 0.3 is 0 Å². The summed E-state index contributed by atoms with van der Waals surface area (Å²) in [4.78, 5) is 12.2. The van der Waals surface area contributed by atoms with E-state index in [9.17, 15) is 9.90 Å². The molecule has 1 atom stereocenters. The Morgan fingerprint density at radius 1 is 1.26 bits per heavy atom. The van der Waals surface area contributed by atoms with E-state index >= 15 is 0 Å². The van der Waals surface area contributed by atoms with Gasteiger partial charge in [0.1, 0.15) is 5.75 Å². The quantitative estimate of drug-likeness (QED) is 0.808. The van der Waals surface area contributed by atoms with Gasteiger partial charge in [0.05, 0.1) is 5.92 Å². The lowest BCUT2D eigenvalue weighted by Gasteiger charge is -2.29. The molecule has 2 aromatic rings. The third-order valence-corrected chi connectivity index (χ3v) is 3.64. The molecule has 0 saturated heterocycles. The van der Waals surface area contributed by atoms with Gasteiger partial charge in [-0.25, -0.2) is 0 Å². The topological polar surface area (TPSA) is 49.3 Å². The van der Waals surface area contributed by atoms with Crippen molar-refractivity contribution in [1.82, 2.24) is 0 Å². The van der Waals surface area contributed by atoms with Crippen LogP contribution in [0.25, 0.3) is 0 Å². The second kappa shape index (κ2) is 4.43. The van der Waals surface area contributed by atoms with Crippen LogP contribution in [0.4, 0.5) is 5.69 Å². The molecular weight excluding hydrogens is 238 g/mol. The maximum atomic E-state index is 12.2. The third-order valence-electron chi connectivity index (χ3n) is 3.64. The first-order chi connectivity index (χ1) is 9.15. The molecule has 1 aliphatic carbocycles. The number of aromatic hydroxyl groups is 1. The molecule has 0 aliphatic heterocycles. The highest BCUT2D eigenvalue weighted by Gasteiger charge is 2.31. The van der Waals surface area contributed by atoms with E-state index in [2.05, 4.69) is 11.4 Å². The van der Waals surface area contributed by atoms with Crippen molar-refractivity contribution in [2.24, 2.45) is 0 Å². The number of carbonyl (C=O) groups is 1. The average molecular weight is 253 g/mol. The highest BCUT2D eigenvalue weighted by molar-refractivity contribution is 5.98. The second-order valence-electron chi connectivity index (χ2n) is 4.94. The molecule has 0 spiro atoms. The molecular formula is C16H15NO2. The smallest absolute Gasteiger partial charge is 0.232 e. The van der Waals surface area contributed by atoms with Crippen molar-refractivity contribution in [1.29, 1.82) is 0 Å². The average Bonchev–Trinajstić information content (AvgIpc) is 2.34. The summed E-state index contributed by atoms with van der Waals surface area (Å²) in [6.07, 6.45) is 0.805. The van der Waals surface area contributed by atoms with Gasteiger partial charge in [0.2, 0.25) is 5.91 Å². The zero-order valence-corrected chi connectivity index (χ0v) is 10.7. The summed E-state index contributed by atoms with van der Waals surface area (Å²) in [7, 11) is 0. The van der Waals surface area contributed by atoms with Crippen molar-refractivity contribution in [2.45, 2.75) is 19.3 Å². The number of hydrogen-bond donors (Lipinski definition) is 2. The Balaban J connectivity index is 1.77. The molecule has 0 radical (unpaired) electrons. The van der Waals surface area contributed by atoms with E-state index in [4.69, 9.17) is 0 Å². The molecule has 96 valence electrons. The molecule has 0 bridgehead atoms. The van der Waals surface area contributed by atoms with Gasteiger partial charge in [0, 0.05) is 5.69 Å². The standard InChI is InChI=1S/C16H15NO2/c1-10-8-12(18)6-7-15(10)17-16(19)14-9-11-4-2-3-5-13(11)14/h2-8,14,18H,9H2,1H3,(H,17,19). The Labute approximate surface area is 111 Å². The number of phenols is 1. The van der Waals surface area contributed by atoms with E-state index in [0.29, 0.717) is 0 Å². The van der Waals surface area contributed by atoms with Gasteiger partial charge in [-0.05, 0) is 48.2 Å². The molecule has 1 aliphatic rings. The molecule has 3 heteroatoms. The van der Waals surface area contributed by atoms with Crippen molar-refractivity contribution in [3.05, 3.63) is 59.2 Å². The van der Waals surface area contributed by atoms with E-state index in [-0.39, 0.29) is 17.6 Å². The van der Waals surface area contributed by atoms with Crippen LogP contribution in [0.3, 0.4) is 0 Å². The lowest BCUT2D eigenvalue weighted by Crippen LogP contribution is -2.30. The third kappa shape index (κ3) is 2.08. The normalized spacial score (nSPS) is 16.4. The fourth-order valence-electron chi connectivity index (χ4n) is 2.50. The lowest BCUT2D eigenvalue weighted by atomic mass is 9.77. The molecule has 0 heterocycles. The largest absolute Gasteiger partial charge is 0.508 e. The van der Waals surface area contributed by atoms with Gasteiger partial charge in [0.15, 0.2) is 0 Å². The van der Waals surface area contributed by atoms with Crippen LogP contribution in [0.5, 0.6) is 5.75 Å². The van der Waals surface area contributed by atoms with E-state index in [0.717, 1.165) is 23.2 Å². The number of rotatable bonds is 2. The number of fused-ring (bicyclic) bond motifs is 1. The molecule has 19 heavy (non-hydrogen) atoms. The number of amides is 1. The molecule has 0 aromatic heterocycles. The van der Waals surface area contributed by atoms with Gasteiger partial charge in [0.25, 0.3) is 0 Å². The maximum absolute atomic E-state index is 12.2. The Hall–Kier alpha value is -2.29. The highest BCUT2D eigenvalue weighted by atomic mass is 16.3. The number of hydrogen-bond acceptors (Lipinski definition) is 2. The van der Waals surface area contributed by atoms with Crippen LogP contribution >= 0.6 is 0 Å². The van der Waals surface area contributed by atoms with Gasteiger partial charge in [-0.2, -0.15) is 0 Å². The number of benzene rings is 2. The number of anilines is 1. The van der Waals surface area contributed by atoms with Crippen LogP contribution < -0.4 is 5.32 Å². The summed E-state index contributed by atoms with van der Waals surface area (Å²) in [6.45, 7) is 1.87. The summed E-state index contributed by atoms with van der Waals surface area (Å²) < 4.78 is 0. The van der Waals surface area contributed by atoms with Crippen molar-refractivity contribution in [3.8, 4) is 5.75 Å². The summed E-state index contributed by atoms with van der Waals surface area (Å²) >= 11 is 0. The highest BCUT2D eigenvalue weighted by Crippen LogP contribution is 2.35. The monoisotopic (exact) mass is 253 g/mol. The summed E-state index contributed by atoms with van der Waals surface area (Å²) in [5, 5.41) is 12.3. The molecule has 1 amide bonds. The maximum Gasteiger partial charge on any atom is 0.232 e. The zero-order chi connectivity index (χ0) is 13.4. The van der Waals surface area contributed by atoms with Gasteiger partial charge in [-0.15, -0.1) is 0 Å². The summed E-state index contributed by atoms with van der Waals surface area (Å²) in [5.41, 5.74) is 4.00. The minimum absolute atomic E-state index is 0.0208. The number of nitrogens with one attached hydrogen (secondary N) is 1. The summed E-state index contributed by atoms with van der Waals surface area (Å²) in [5.74, 6) is 0.182. The van der Waals surface area contributed by atoms with Crippen LogP contribution in [0.2, 0.25) is 0 Å². The van der Waals surface area contributed by atoms with Crippen LogP contribution in [-0.2, 0) is 11.2 Å². The van der Waals surface area contributed by atoms with E-state index < -0.39 is 0 Å². The van der Waals surface area contributed by atoms with E-state index in [1.165, 1.54) is 5.56 Å². The van der Waals surface area contributed by atoms with Gasteiger partial charge in [-0.1, -0.05) is 24.3 Å². The minimum atomic E-state index is -0.0515. The van der Waals surface area contributed by atoms with Crippen molar-refractivity contribution >= 4 is 11.6 Å². The van der Waals surface area contributed by atoms with Gasteiger partial charge in [-0.3, -0.25) is 4.79 Å².